The van der Waals surface area contributed by atoms with Crippen molar-refractivity contribution in [3.8, 4) is 0 Å². The summed E-state index contributed by atoms with van der Waals surface area (Å²) < 4.78 is 0. The van der Waals surface area contributed by atoms with E-state index < -0.39 is 0 Å². The van der Waals surface area contributed by atoms with Gasteiger partial charge >= 0.3 is 0 Å². The van der Waals surface area contributed by atoms with Gasteiger partial charge < -0.3 is 5.32 Å². The highest BCUT2D eigenvalue weighted by molar-refractivity contribution is 7.99. The number of para-hydroxylation sites is 1. The summed E-state index contributed by atoms with van der Waals surface area (Å²) >= 11 is 1.99. The zero-order valence-electron chi connectivity index (χ0n) is 9.59. The molecule has 4 nitrogen and oxygen atoms in total. The van der Waals surface area contributed by atoms with Crippen LogP contribution in [0.1, 0.15) is 12.0 Å². The Morgan fingerprint density at radius 3 is 3.00 bits per heavy atom. The Balaban J connectivity index is 1.87. The largest absolute Gasteiger partial charge is 0.312 e. The molecule has 5 heteroatoms. The smallest absolute Gasteiger partial charge is 0.273 e. The van der Waals surface area contributed by atoms with Gasteiger partial charge in [-0.25, -0.2) is 0 Å². The first-order chi connectivity index (χ1) is 8.27. The average molecular weight is 252 g/mol. The zero-order chi connectivity index (χ0) is 12.1. The van der Waals surface area contributed by atoms with Crippen LogP contribution in [-0.4, -0.2) is 23.0 Å². The first-order valence-electron chi connectivity index (χ1n) is 5.78. The van der Waals surface area contributed by atoms with Crippen LogP contribution in [-0.2, 0) is 6.54 Å². The van der Waals surface area contributed by atoms with Gasteiger partial charge in [0.2, 0.25) is 0 Å². The van der Waals surface area contributed by atoms with Crippen molar-refractivity contribution in [3.05, 3.63) is 39.9 Å². The van der Waals surface area contributed by atoms with E-state index in [0.29, 0.717) is 6.54 Å². The van der Waals surface area contributed by atoms with Crippen molar-refractivity contribution in [1.29, 1.82) is 0 Å². The Bertz CT molecular complexity index is 392. The molecule has 0 aromatic heterocycles. The molecule has 17 heavy (non-hydrogen) atoms. The second kappa shape index (κ2) is 6.02. The summed E-state index contributed by atoms with van der Waals surface area (Å²) in [6, 6.07) is 6.92. The summed E-state index contributed by atoms with van der Waals surface area (Å²) in [6.07, 6.45) is 1.26. The quantitative estimate of drug-likeness (QED) is 0.646. The first-order valence-corrected chi connectivity index (χ1v) is 6.93. The summed E-state index contributed by atoms with van der Waals surface area (Å²) in [5.41, 5.74) is 0.976. The topological polar surface area (TPSA) is 55.2 Å². The fourth-order valence-corrected chi connectivity index (χ4v) is 3.28. The standard InChI is InChI=1S/C12H16N2O2S/c15-14(16)12-4-2-1-3-11(12)8-13-7-10-5-6-17-9-10/h1-4,10,13H,5-9H2. The molecule has 1 atom stereocenters. The molecular weight excluding hydrogens is 236 g/mol. The van der Waals surface area contributed by atoms with Crippen molar-refractivity contribution in [2.45, 2.75) is 13.0 Å². The fourth-order valence-electron chi connectivity index (χ4n) is 1.99. The van der Waals surface area contributed by atoms with Crippen molar-refractivity contribution < 1.29 is 4.92 Å². The van der Waals surface area contributed by atoms with Gasteiger partial charge in [0.25, 0.3) is 5.69 Å². The maximum Gasteiger partial charge on any atom is 0.273 e. The Kier molecular flexibility index (Phi) is 4.39. The van der Waals surface area contributed by atoms with E-state index >= 15 is 0 Å². The minimum absolute atomic E-state index is 0.209. The molecule has 92 valence electrons. The molecule has 1 aromatic carbocycles. The molecule has 1 aliphatic rings. The first kappa shape index (κ1) is 12.4. The monoisotopic (exact) mass is 252 g/mol. The Hall–Kier alpha value is -1.07. The maximum absolute atomic E-state index is 10.8. The van der Waals surface area contributed by atoms with Gasteiger partial charge in [-0.3, -0.25) is 10.1 Å². The molecule has 1 saturated heterocycles. The highest BCUT2D eigenvalue weighted by atomic mass is 32.2. The predicted octanol–water partition coefficient (Wildman–Crippen LogP) is 2.44. The molecule has 1 fully saturated rings. The number of thioether (sulfide) groups is 1. The summed E-state index contributed by atoms with van der Waals surface area (Å²) in [5.74, 6) is 3.18. The Labute approximate surface area is 105 Å². The molecule has 1 aliphatic heterocycles. The van der Waals surface area contributed by atoms with Gasteiger partial charge in [-0.05, 0) is 30.4 Å². The lowest BCUT2D eigenvalue weighted by atomic mass is 10.1. The second-order valence-electron chi connectivity index (χ2n) is 4.25. The van der Waals surface area contributed by atoms with Crippen molar-refractivity contribution in [2.24, 2.45) is 5.92 Å². The van der Waals surface area contributed by atoms with Crippen LogP contribution in [0, 0.1) is 16.0 Å². The van der Waals surface area contributed by atoms with Gasteiger partial charge in [-0.15, -0.1) is 0 Å². The SMILES string of the molecule is O=[N+]([O-])c1ccccc1CNCC1CCSC1. The van der Waals surface area contributed by atoms with E-state index in [4.69, 9.17) is 0 Å². The molecule has 1 N–H and O–H groups in total. The third kappa shape index (κ3) is 3.44. The van der Waals surface area contributed by atoms with Crippen LogP contribution in [0.2, 0.25) is 0 Å². The van der Waals surface area contributed by atoms with Crippen molar-refractivity contribution in [3.63, 3.8) is 0 Å². The molecule has 1 unspecified atom stereocenters. The number of hydrogen-bond acceptors (Lipinski definition) is 4. The fraction of sp³-hybridized carbons (Fsp3) is 0.500. The van der Waals surface area contributed by atoms with Crippen LogP contribution in [0.3, 0.4) is 0 Å². The number of nitro benzene ring substituents is 1. The van der Waals surface area contributed by atoms with Gasteiger partial charge in [-0.2, -0.15) is 11.8 Å². The lowest BCUT2D eigenvalue weighted by Crippen LogP contribution is -2.22. The molecule has 0 spiro atoms. The minimum Gasteiger partial charge on any atom is -0.312 e. The summed E-state index contributed by atoms with van der Waals surface area (Å²) in [4.78, 5) is 10.5. The van der Waals surface area contributed by atoms with Crippen LogP contribution in [0.15, 0.2) is 24.3 Å². The number of nitrogens with zero attached hydrogens (tertiary/aromatic N) is 1. The van der Waals surface area contributed by atoms with E-state index in [1.807, 2.05) is 23.9 Å². The molecule has 0 aliphatic carbocycles. The van der Waals surface area contributed by atoms with Crippen molar-refractivity contribution >= 4 is 17.4 Å². The lowest BCUT2D eigenvalue weighted by Gasteiger charge is -2.09. The van der Waals surface area contributed by atoms with Crippen molar-refractivity contribution in [1.82, 2.24) is 5.32 Å². The number of benzene rings is 1. The second-order valence-corrected chi connectivity index (χ2v) is 5.40. The number of nitro groups is 1. The Morgan fingerprint density at radius 1 is 1.47 bits per heavy atom. The number of nitrogens with one attached hydrogen (secondary N) is 1. The third-order valence-electron chi connectivity index (χ3n) is 2.96. The van der Waals surface area contributed by atoms with Crippen LogP contribution < -0.4 is 5.32 Å². The molecule has 0 saturated carbocycles. The van der Waals surface area contributed by atoms with E-state index in [0.717, 1.165) is 18.0 Å². The van der Waals surface area contributed by atoms with E-state index in [1.165, 1.54) is 17.9 Å². The third-order valence-corrected chi connectivity index (χ3v) is 4.19. The van der Waals surface area contributed by atoms with Crippen LogP contribution in [0.5, 0.6) is 0 Å². The molecule has 1 aromatic rings. The van der Waals surface area contributed by atoms with Crippen molar-refractivity contribution in [2.75, 3.05) is 18.1 Å². The zero-order valence-corrected chi connectivity index (χ0v) is 10.4. The van der Waals surface area contributed by atoms with E-state index in [1.54, 1.807) is 12.1 Å². The predicted molar refractivity (Wildman–Crippen MR) is 70.2 cm³/mol. The molecule has 1 heterocycles. The van der Waals surface area contributed by atoms with E-state index in [2.05, 4.69) is 5.32 Å². The van der Waals surface area contributed by atoms with Crippen LogP contribution >= 0.6 is 11.8 Å². The minimum atomic E-state index is -0.317. The van der Waals surface area contributed by atoms with Gasteiger partial charge in [0.1, 0.15) is 0 Å². The molecule has 0 bridgehead atoms. The maximum atomic E-state index is 10.8. The molecular formula is C12H16N2O2S. The van der Waals surface area contributed by atoms with Crippen LogP contribution in [0.25, 0.3) is 0 Å². The molecule has 2 rings (SSSR count). The number of rotatable bonds is 5. The van der Waals surface area contributed by atoms with E-state index in [9.17, 15) is 10.1 Å². The van der Waals surface area contributed by atoms with Gasteiger partial charge in [0.05, 0.1) is 4.92 Å². The Morgan fingerprint density at radius 2 is 2.29 bits per heavy atom. The summed E-state index contributed by atoms with van der Waals surface area (Å²) in [5, 5.41) is 14.1. The van der Waals surface area contributed by atoms with Gasteiger partial charge in [-0.1, -0.05) is 18.2 Å². The molecule has 0 amide bonds. The van der Waals surface area contributed by atoms with Gasteiger partial charge in [0.15, 0.2) is 0 Å². The van der Waals surface area contributed by atoms with E-state index in [-0.39, 0.29) is 10.6 Å². The average Bonchev–Trinajstić information content (AvgIpc) is 2.82. The lowest BCUT2D eigenvalue weighted by molar-refractivity contribution is -0.385. The highest BCUT2D eigenvalue weighted by Crippen LogP contribution is 2.23. The van der Waals surface area contributed by atoms with Gasteiger partial charge in [0, 0.05) is 18.2 Å². The normalized spacial score (nSPS) is 19.4. The summed E-state index contributed by atoms with van der Waals surface area (Å²) in [7, 11) is 0. The highest BCUT2D eigenvalue weighted by Gasteiger charge is 2.16. The molecule has 0 radical (unpaired) electrons. The van der Waals surface area contributed by atoms with Crippen LogP contribution in [0.4, 0.5) is 5.69 Å². The summed E-state index contributed by atoms with van der Waals surface area (Å²) in [6.45, 7) is 1.54. The number of hydrogen-bond donors (Lipinski definition) is 1.